The van der Waals surface area contributed by atoms with Crippen molar-refractivity contribution in [1.29, 1.82) is 0 Å². The Morgan fingerprint density at radius 1 is 1.11 bits per heavy atom. The molecule has 0 bridgehead atoms. The first-order valence-corrected chi connectivity index (χ1v) is 10.4. The molecule has 1 amide bonds. The van der Waals surface area contributed by atoms with E-state index >= 15 is 0 Å². The van der Waals surface area contributed by atoms with Crippen molar-refractivity contribution in [2.24, 2.45) is 0 Å². The number of aryl methyl sites for hydroxylation is 1. The summed E-state index contributed by atoms with van der Waals surface area (Å²) in [6.07, 6.45) is 2.10. The lowest BCUT2D eigenvalue weighted by atomic mass is 9.89. The highest BCUT2D eigenvalue weighted by atomic mass is 16.2. The molecule has 1 aliphatic heterocycles. The Balaban J connectivity index is 1.65. The van der Waals surface area contributed by atoms with Gasteiger partial charge >= 0.3 is 0 Å². The standard InChI is InChI=1S/C24H33N3O/c1-17(2)20-9-7-19(8-10-20)16-27-14-12-21(13-15-27)23-22(24(28)26(4)5)11-6-18(3)25-23/h6-11,17,21H,12-16H2,1-5H3. The van der Waals surface area contributed by atoms with Crippen LogP contribution in [0.25, 0.3) is 0 Å². The van der Waals surface area contributed by atoms with E-state index in [0.29, 0.717) is 11.8 Å². The van der Waals surface area contributed by atoms with Crippen molar-refractivity contribution in [1.82, 2.24) is 14.8 Å². The summed E-state index contributed by atoms with van der Waals surface area (Å²) in [5.41, 5.74) is 5.50. The molecular formula is C24H33N3O. The molecule has 1 aliphatic rings. The summed E-state index contributed by atoms with van der Waals surface area (Å²) >= 11 is 0. The lowest BCUT2D eigenvalue weighted by Gasteiger charge is -2.32. The number of nitrogens with zero attached hydrogens (tertiary/aromatic N) is 3. The van der Waals surface area contributed by atoms with Crippen LogP contribution in [-0.2, 0) is 6.54 Å². The zero-order valence-electron chi connectivity index (χ0n) is 17.9. The summed E-state index contributed by atoms with van der Waals surface area (Å²) in [7, 11) is 3.61. The molecule has 1 fully saturated rings. The summed E-state index contributed by atoms with van der Waals surface area (Å²) in [4.78, 5) is 21.5. The number of amides is 1. The van der Waals surface area contributed by atoms with Crippen LogP contribution in [0.2, 0.25) is 0 Å². The highest BCUT2D eigenvalue weighted by Crippen LogP contribution is 2.30. The monoisotopic (exact) mass is 379 g/mol. The van der Waals surface area contributed by atoms with Crippen LogP contribution in [0.1, 0.15) is 71.4 Å². The molecule has 1 aromatic heterocycles. The fourth-order valence-electron chi connectivity index (χ4n) is 3.94. The second-order valence-corrected chi connectivity index (χ2v) is 8.53. The Morgan fingerprint density at radius 2 is 1.75 bits per heavy atom. The number of hydrogen-bond donors (Lipinski definition) is 0. The van der Waals surface area contributed by atoms with Crippen LogP contribution in [0.15, 0.2) is 36.4 Å². The highest BCUT2D eigenvalue weighted by Gasteiger charge is 2.26. The highest BCUT2D eigenvalue weighted by molar-refractivity contribution is 5.95. The van der Waals surface area contributed by atoms with E-state index in [4.69, 9.17) is 4.98 Å². The minimum Gasteiger partial charge on any atom is -0.345 e. The first-order valence-electron chi connectivity index (χ1n) is 10.4. The van der Waals surface area contributed by atoms with E-state index in [1.807, 2.05) is 19.1 Å². The van der Waals surface area contributed by atoms with Crippen molar-refractivity contribution in [3.63, 3.8) is 0 Å². The van der Waals surface area contributed by atoms with E-state index in [-0.39, 0.29) is 5.91 Å². The Labute approximate surface area is 169 Å². The summed E-state index contributed by atoms with van der Waals surface area (Å²) in [5.74, 6) is 0.985. The number of carbonyl (C=O) groups excluding carboxylic acids is 1. The molecule has 2 aromatic rings. The van der Waals surface area contributed by atoms with Crippen LogP contribution in [0.5, 0.6) is 0 Å². The number of benzene rings is 1. The molecule has 0 unspecified atom stereocenters. The van der Waals surface area contributed by atoms with Crippen molar-refractivity contribution in [2.75, 3.05) is 27.2 Å². The van der Waals surface area contributed by atoms with Gasteiger partial charge in [0.2, 0.25) is 0 Å². The van der Waals surface area contributed by atoms with Crippen molar-refractivity contribution >= 4 is 5.91 Å². The minimum atomic E-state index is 0.0511. The van der Waals surface area contributed by atoms with E-state index in [1.54, 1.807) is 19.0 Å². The zero-order chi connectivity index (χ0) is 20.3. The average molecular weight is 380 g/mol. The van der Waals surface area contributed by atoms with Gasteiger partial charge in [0.15, 0.2) is 0 Å². The second kappa shape index (κ2) is 8.87. The molecule has 0 radical (unpaired) electrons. The van der Waals surface area contributed by atoms with Crippen molar-refractivity contribution in [2.45, 2.75) is 52.0 Å². The largest absolute Gasteiger partial charge is 0.345 e. The Morgan fingerprint density at radius 3 is 2.32 bits per heavy atom. The molecule has 4 heteroatoms. The van der Waals surface area contributed by atoms with Gasteiger partial charge in [0, 0.05) is 32.3 Å². The van der Waals surface area contributed by atoms with E-state index in [2.05, 4.69) is 43.0 Å². The smallest absolute Gasteiger partial charge is 0.255 e. The Kier molecular flexibility index (Phi) is 6.50. The molecular weight excluding hydrogens is 346 g/mol. The number of aromatic nitrogens is 1. The third kappa shape index (κ3) is 4.79. The quantitative estimate of drug-likeness (QED) is 0.762. The molecule has 28 heavy (non-hydrogen) atoms. The fraction of sp³-hybridized carbons (Fsp3) is 0.500. The van der Waals surface area contributed by atoms with Gasteiger partial charge in [-0.05, 0) is 62.0 Å². The fourth-order valence-corrected chi connectivity index (χ4v) is 3.94. The van der Waals surface area contributed by atoms with Gasteiger partial charge in [0.1, 0.15) is 0 Å². The number of piperidine rings is 1. The van der Waals surface area contributed by atoms with Crippen LogP contribution < -0.4 is 0 Å². The maximum atomic E-state index is 12.6. The van der Waals surface area contributed by atoms with Gasteiger partial charge in [-0.2, -0.15) is 0 Å². The molecule has 4 nitrogen and oxygen atoms in total. The zero-order valence-corrected chi connectivity index (χ0v) is 17.9. The van der Waals surface area contributed by atoms with Gasteiger partial charge in [0.05, 0.1) is 11.3 Å². The van der Waals surface area contributed by atoms with E-state index < -0.39 is 0 Å². The number of likely N-dealkylation sites (tertiary alicyclic amines) is 1. The molecule has 0 aliphatic carbocycles. The third-order valence-electron chi connectivity index (χ3n) is 5.73. The normalized spacial score (nSPS) is 15.8. The summed E-state index contributed by atoms with van der Waals surface area (Å²) in [5, 5.41) is 0. The van der Waals surface area contributed by atoms with Gasteiger partial charge in [-0.25, -0.2) is 0 Å². The van der Waals surface area contributed by atoms with Crippen LogP contribution in [-0.4, -0.2) is 47.9 Å². The summed E-state index contributed by atoms with van der Waals surface area (Å²) in [6.45, 7) is 9.55. The molecule has 1 saturated heterocycles. The molecule has 150 valence electrons. The SMILES string of the molecule is Cc1ccc(C(=O)N(C)C)c(C2CCN(Cc3ccc(C(C)C)cc3)CC2)n1. The predicted octanol–water partition coefficient (Wildman–Crippen LogP) is 4.59. The second-order valence-electron chi connectivity index (χ2n) is 8.53. The molecule has 1 aromatic carbocycles. The Bertz CT molecular complexity index is 803. The molecule has 0 saturated carbocycles. The number of pyridine rings is 1. The van der Waals surface area contributed by atoms with Crippen molar-refractivity contribution in [3.8, 4) is 0 Å². The van der Waals surface area contributed by atoms with E-state index in [9.17, 15) is 4.79 Å². The molecule has 0 atom stereocenters. The number of carbonyl (C=O) groups is 1. The number of hydrogen-bond acceptors (Lipinski definition) is 3. The van der Waals surface area contributed by atoms with Gasteiger partial charge in [-0.1, -0.05) is 38.1 Å². The van der Waals surface area contributed by atoms with E-state index in [1.165, 1.54) is 11.1 Å². The van der Waals surface area contributed by atoms with Crippen molar-refractivity contribution in [3.05, 3.63) is 64.5 Å². The average Bonchev–Trinajstić information content (AvgIpc) is 2.68. The van der Waals surface area contributed by atoms with E-state index in [0.717, 1.165) is 49.4 Å². The van der Waals surface area contributed by atoms with Crippen LogP contribution in [0, 0.1) is 6.92 Å². The Hall–Kier alpha value is -2.20. The molecule has 0 spiro atoms. The summed E-state index contributed by atoms with van der Waals surface area (Å²) < 4.78 is 0. The summed E-state index contributed by atoms with van der Waals surface area (Å²) in [6, 6.07) is 12.9. The predicted molar refractivity (Wildman–Crippen MR) is 115 cm³/mol. The van der Waals surface area contributed by atoms with Crippen LogP contribution >= 0.6 is 0 Å². The maximum Gasteiger partial charge on any atom is 0.255 e. The molecule has 0 N–H and O–H groups in total. The lowest BCUT2D eigenvalue weighted by Crippen LogP contribution is -2.34. The maximum absolute atomic E-state index is 12.6. The van der Waals surface area contributed by atoms with Crippen LogP contribution in [0.4, 0.5) is 0 Å². The topological polar surface area (TPSA) is 36.4 Å². The van der Waals surface area contributed by atoms with Gasteiger partial charge < -0.3 is 4.90 Å². The lowest BCUT2D eigenvalue weighted by molar-refractivity contribution is 0.0824. The van der Waals surface area contributed by atoms with Gasteiger partial charge in [-0.15, -0.1) is 0 Å². The first-order chi connectivity index (χ1) is 13.3. The van der Waals surface area contributed by atoms with Gasteiger partial charge in [0.25, 0.3) is 5.91 Å². The molecule has 2 heterocycles. The van der Waals surface area contributed by atoms with Gasteiger partial charge in [-0.3, -0.25) is 14.7 Å². The minimum absolute atomic E-state index is 0.0511. The third-order valence-corrected chi connectivity index (χ3v) is 5.73. The van der Waals surface area contributed by atoms with Crippen molar-refractivity contribution < 1.29 is 4.79 Å². The van der Waals surface area contributed by atoms with Crippen LogP contribution in [0.3, 0.4) is 0 Å². The first kappa shape index (κ1) is 20.5. The number of rotatable bonds is 5. The molecule has 3 rings (SSSR count).